The SMILES string of the molecule is CCOCCN(C)c1cc(-n2c(C(F)F)nc3ccccc32)nc(C)n1. The highest BCUT2D eigenvalue weighted by atomic mass is 19.3. The number of anilines is 1. The van der Waals surface area contributed by atoms with E-state index in [-0.39, 0.29) is 5.82 Å². The van der Waals surface area contributed by atoms with Gasteiger partial charge in [0.05, 0.1) is 17.6 Å². The van der Waals surface area contributed by atoms with Gasteiger partial charge in [-0.2, -0.15) is 0 Å². The molecule has 26 heavy (non-hydrogen) atoms. The molecule has 0 aliphatic carbocycles. The fourth-order valence-corrected chi connectivity index (χ4v) is 2.74. The molecule has 2 heterocycles. The number of hydrogen-bond acceptors (Lipinski definition) is 5. The van der Waals surface area contributed by atoms with Crippen molar-refractivity contribution in [1.82, 2.24) is 19.5 Å². The lowest BCUT2D eigenvalue weighted by atomic mass is 10.3. The van der Waals surface area contributed by atoms with Gasteiger partial charge in [0.2, 0.25) is 0 Å². The van der Waals surface area contributed by atoms with E-state index in [9.17, 15) is 8.78 Å². The van der Waals surface area contributed by atoms with Crippen LogP contribution in [0.5, 0.6) is 0 Å². The molecule has 0 amide bonds. The third kappa shape index (κ3) is 3.65. The van der Waals surface area contributed by atoms with E-state index in [1.807, 2.05) is 18.9 Å². The standard InChI is InChI=1S/C18H21F2N5O/c1-4-26-10-9-24(3)15-11-16(22-12(2)21-15)25-14-8-6-5-7-13(14)23-18(25)17(19)20/h5-8,11,17H,4,9-10H2,1-3H3. The zero-order chi connectivity index (χ0) is 18.7. The minimum absolute atomic E-state index is 0.327. The fourth-order valence-electron chi connectivity index (χ4n) is 2.74. The van der Waals surface area contributed by atoms with E-state index in [0.717, 1.165) is 0 Å². The van der Waals surface area contributed by atoms with Crippen molar-refractivity contribution in [1.29, 1.82) is 0 Å². The summed E-state index contributed by atoms with van der Waals surface area (Å²) in [7, 11) is 1.88. The first-order valence-corrected chi connectivity index (χ1v) is 8.41. The molecule has 0 fully saturated rings. The quantitative estimate of drug-likeness (QED) is 0.603. The van der Waals surface area contributed by atoms with Crippen molar-refractivity contribution < 1.29 is 13.5 Å². The Kier molecular flexibility index (Phi) is 5.41. The number of imidazole rings is 1. The first-order valence-electron chi connectivity index (χ1n) is 8.41. The molecule has 6 nitrogen and oxygen atoms in total. The van der Waals surface area contributed by atoms with Crippen molar-refractivity contribution in [2.75, 3.05) is 31.7 Å². The normalized spacial score (nSPS) is 11.5. The summed E-state index contributed by atoms with van der Waals surface area (Å²) in [5.74, 6) is 1.19. The van der Waals surface area contributed by atoms with Crippen molar-refractivity contribution in [2.24, 2.45) is 0 Å². The summed E-state index contributed by atoms with van der Waals surface area (Å²) in [5.41, 5.74) is 1.09. The molecule has 0 unspecified atom stereocenters. The highest BCUT2D eigenvalue weighted by Gasteiger charge is 2.21. The largest absolute Gasteiger partial charge is 0.380 e. The number of fused-ring (bicyclic) bond motifs is 1. The Labute approximate surface area is 150 Å². The Morgan fingerprint density at radius 3 is 2.69 bits per heavy atom. The topological polar surface area (TPSA) is 56.1 Å². The summed E-state index contributed by atoms with van der Waals surface area (Å²) >= 11 is 0. The lowest BCUT2D eigenvalue weighted by Gasteiger charge is -2.19. The summed E-state index contributed by atoms with van der Waals surface area (Å²) in [4.78, 5) is 14.8. The van der Waals surface area contributed by atoms with E-state index in [1.165, 1.54) is 4.57 Å². The first-order chi connectivity index (χ1) is 12.5. The molecule has 0 saturated heterocycles. The van der Waals surface area contributed by atoms with E-state index in [1.54, 1.807) is 37.3 Å². The molecule has 0 aliphatic heterocycles. The molecule has 0 N–H and O–H groups in total. The molecule has 3 aromatic rings. The lowest BCUT2D eigenvalue weighted by molar-refractivity contribution is 0.139. The average Bonchev–Trinajstić information content (AvgIpc) is 3.01. The molecule has 0 aliphatic rings. The molecule has 2 aromatic heterocycles. The number of benzene rings is 1. The van der Waals surface area contributed by atoms with Crippen LogP contribution in [0, 0.1) is 6.92 Å². The van der Waals surface area contributed by atoms with Crippen molar-refractivity contribution in [3.63, 3.8) is 0 Å². The minimum Gasteiger partial charge on any atom is -0.380 e. The molecule has 0 atom stereocenters. The fraction of sp³-hybridized carbons (Fsp3) is 0.389. The summed E-state index contributed by atoms with van der Waals surface area (Å²) in [6.07, 6.45) is -2.71. The lowest BCUT2D eigenvalue weighted by Crippen LogP contribution is -2.24. The van der Waals surface area contributed by atoms with Crippen LogP contribution in [0.3, 0.4) is 0 Å². The number of aryl methyl sites for hydroxylation is 1. The van der Waals surface area contributed by atoms with Gasteiger partial charge in [-0.05, 0) is 26.0 Å². The van der Waals surface area contributed by atoms with E-state index in [4.69, 9.17) is 4.74 Å². The molecule has 8 heteroatoms. The molecular weight excluding hydrogens is 340 g/mol. The summed E-state index contributed by atoms with van der Waals surface area (Å²) < 4.78 is 33.9. The van der Waals surface area contributed by atoms with Gasteiger partial charge >= 0.3 is 0 Å². The van der Waals surface area contributed by atoms with Gasteiger partial charge in [-0.3, -0.25) is 4.57 Å². The smallest absolute Gasteiger partial charge is 0.296 e. The molecule has 1 aromatic carbocycles. The first kappa shape index (κ1) is 18.2. The van der Waals surface area contributed by atoms with Crippen molar-refractivity contribution in [3.8, 4) is 5.82 Å². The summed E-state index contributed by atoms with van der Waals surface area (Å²) in [6.45, 7) is 5.51. The second kappa shape index (κ2) is 7.74. The summed E-state index contributed by atoms with van der Waals surface area (Å²) in [5, 5.41) is 0. The van der Waals surface area contributed by atoms with Crippen LogP contribution in [0.2, 0.25) is 0 Å². The molecule has 3 rings (SSSR count). The van der Waals surface area contributed by atoms with Gasteiger partial charge in [0.1, 0.15) is 17.5 Å². The van der Waals surface area contributed by atoms with Gasteiger partial charge in [-0.1, -0.05) is 12.1 Å². The minimum atomic E-state index is -2.71. The Bertz CT molecular complexity index is 896. The van der Waals surface area contributed by atoms with Gasteiger partial charge in [0.15, 0.2) is 5.82 Å². The number of hydrogen-bond donors (Lipinski definition) is 0. The van der Waals surface area contributed by atoms with E-state index < -0.39 is 6.43 Å². The number of likely N-dealkylation sites (N-methyl/N-ethyl adjacent to an activating group) is 1. The van der Waals surface area contributed by atoms with Crippen LogP contribution < -0.4 is 4.90 Å². The number of para-hydroxylation sites is 2. The van der Waals surface area contributed by atoms with Crippen LogP contribution in [0.1, 0.15) is 25.0 Å². The van der Waals surface area contributed by atoms with Crippen LogP contribution >= 0.6 is 0 Å². The van der Waals surface area contributed by atoms with Crippen molar-refractivity contribution in [3.05, 3.63) is 42.0 Å². The molecular formula is C18H21F2N5O. The van der Waals surface area contributed by atoms with Crippen LogP contribution in [0.25, 0.3) is 16.9 Å². The zero-order valence-electron chi connectivity index (χ0n) is 15.0. The van der Waals surface area contributed by atoms with Gasteiger partial charge in [-0.25, -0.2) is 23.7 Å². The van der Waals surface area contributed by atoms with Gasteiger partial charge in [-0.15, -0.1) is 0 Å². The van der Waals surface area contributed by atoms with E-state index in [0.29, 0.717) is 48.3 Å². The Hall–Kier alpha value is -2.61. The zero-order valence-corrected chi connectivity index (χ0v) is 15.0. The number of ether oxygens (including phenoxy) is 1. The van der Waals surface area contributed by atoms with Gasteiger partial charge < -0.3 is 9.64 Å². The molecule has 0 radical (unpaired) electrons. The second-order valence-electron chi connectivity index (χ2n) is 5.84. The molecule has 138 valence electrons. The predicted octanol–water partition coefficient (Wildman–Crippen LogP) is 3.53. The number of halogens is 2. The Balaban J connectivity index is 2.07. The monoisotopic (exact) mass is 361 g/mol. The van der Waals surface area contributed by atoms with Crippen LogP contribution in [-0.2, 0) is 4.74 Å². The number of rotatable bonds is 7. The maximum absolute atomic E-state index is 13.6. The highest BCUT2D eigenvalue weighted by molar-refractivity contribution is 5.78. The van der Waals surface area contributed by atoms with Gasteiger partial charge in [0.25, 0.3) is 6.43 Å². The molecule has 0 bridgehead atoms. The van der Waals surface area contributed by atoms with Crippen molar-refractivity contribution >= 4 is 16.9 Å². The molecule has 0 saturated carbocycles. The number of aromatic nitrogens is 4. The number of nitrogens with zero attached hydrogens (tertiary/aromatic N) is 5. The average molecular weight is 361 g/mol. The van der Waals surface area contributed by atoms with Crippen LogP contribution in [-0.4, -0.2) is 46.3 Å². The Morgan fingerprint density at radius 2 is 1.96 bits per heavy atom. The van der Waals surface area contributed by atoms with Crippen molar-refractivity contribution in [2.45, 2.75) is 20.3 Å². The van der Waals surface area contributed by atoms with Crippen LogP contribution in [0.4, 0.5) is 14.6 Å². The highest BCUT2D eigenvalue weighted by Crippen LogP contribution is 2.28. The van der Waals surface area contributed by atoms with Gasteiger partial charge in [0, 0.05) is 26.3 Å². The second-order valence-corrected chi connectivity index (χ2v) is 5.84. The third-order valence-electron chi connectivity index (χ3n) is 3.99. The predicted molar refractivity (Wildman–Crippen MR) is 96.1 cm³/mol. The molecule has 0 spiro atoms. The van der Waals surface area contributed by atoms with E-state index >= 15 is 0 Å². The van der Waals surface area contributed by atoms with Crippen LogP contribution in [0.15, 0.2) is 30.3 Å². The number of alkyl halides is 2. The maximum atomic E-state index is 13.6. The summed E-state index contributed by atoms with van der Waals surface area (Å²) in [6, 6.07) is 8.72. The third-order valence-corrected chi connectivity index (χ3v) is 3.99. The Morgan fingerprint density at radius 1 is 1.19 bits per heavy atom. The maximum Gasteiger partial charge on any atom is 0.296 e. The van der Waals surface area contributed by atoms with E-state index in [2.05, 4.69) is 15.0 Å².